The SMILES string of the molecule is COc1ccc(N2C(=S)N[C@H](c3ccccn3)[C@H]2c2cc(C)n(-c3cc(Cl)ccc3O)c2C)cc1Cl. The van der Waals surface area contributed by atoms with Crippen molar-refractivity contribution in [2.75, 3.05) is 12.0 Å². The van der Waals surface area contributed by atoms with Crippen molar-refractivity contribution in [3.05, 3.63) is 99.6 Å². The van der Waals surface area contributed by atoms with Crippen LogP contribution in [0.2, 0.25) is 10.0 Å². The quantitative estimate of drug-likeness (QED) is 0.276. The molecule has 36 heavy (non-hydrogen) atoms. The van der Waals surface area contributed by atoms with Crippen molar-refractivity contribution in [1.29, 1.82) is 0 Å². The molecule has 1 aliphatic rings. The maximum absolute atomic E-state index is 10.6. The summed E-state index contributed by atoms with van der Waals surface area (Å²) in [5.74, 6) is 0.735. The van der Waals surface area contributed by atoms with E-state index in [4.69, 9.17) is 40.2 Å². The fraction of sp³-hybridized carbons (Fsp3) is 0.185. The van der Waals surface area contributed by atoms with Crippen LogP contribution in [0.5, 0.6) is 11.5 Å². The van der Waals surface area contributed by atoms with Crippen LogP contribution in [-0.2, 0) is 0 Å². The number of hydrogen-bond donors (Lipinski definition) is 2. The van der Waals surface area contributed by atoms with Gasteiger partial charge in [-0.25, -0.2) is 0 Å². The molecule has 0 spiro atoms. The molecule has 2 aromatic heterocycles. The minimum Gasteiger partial charge on any atom is -0.506 e. The summed E-state index contributed by atoms with van der Waals surface area (Å²) in [4.78, 5) is 6.69. The highest BCUT2D eigenvalue weighted by atomic mass is 35.5. The van der Waals surface area contributed by atoms with Crippen LogP contribution in [0.1, 0.15) is 34.7 Å². The zero-order valence-corrected chi connectivity index (χ0v) is 22.2. The normalized spacial score (nSPS) is 17.4. The number of phenolic OH excluding ortho intramolecular Hbond substituents is 1. The number of ether oxygens (including phenoxy) is 1. The first-order valence-electron chi connectivity index (χ1n) is 11.3. The van der Waals surface area contributed by atoms with Crippen LogP contribution >= 0.6 is 35.4 Å². The van der Waals surface area contributed by atoms with Crippen LogP contribution < -0.4 is 15.0 Å². The van der Waals surface area contributed by atoms with Crippen molar-refractivity contribution < 1.29 is 9.84 Å². The Hall–Kier alpha value is -3.26. The lowest BCUT2D eigenvalue weighted by Gasteiger charge is -2.28. The van der Waals surface area contributed by atoms with Crippen LogP contribution in [-0.4, -0.2) is 26.9 Å². The van der Waals surface area contributed by atoms with E-state index in [0.717, 1.165) is 28.3 Å². The molecule has 2 atom stereocenters. The third-order valence-corrected chi connectivity index (χ3v) is 7.32. The molecule has 2 aromatic carbocycles. The van der Waals surface area contributed by atoms with Gasteiger partial charge in [0.25, 0.3) is 0 Å². The van der Waals surface area contributed by atoms with Gasteiger partial charge in [0.05, 0.1) is 35.6 Å². The summed E-state index contributed by atoms with van der Waals surface area (Å²) in [7, 11) is 1.59. The van der Waals surface area contributed by atoms with Crippen LogP contribution in [0.15, 0.2) is 66.9 Å². The number of anilines is 1. The molecule has 6 nitrogen and oxygen atoms in total. The summed E-state index contributed by atoms with van der Waals surface area (Å²) in [6.45, 7) is 4.03. The number of aryl methyl sites for hydroxylation is 1. The fourth-order valence-electron chi connectivity index (χ4n) is 4.89. The third kappa shape index (κ3) is 4.17. The van der Waals surface area contributed by atoms with Crippen LogP contribution in [0, 0.1) is 13.8 Å². The highest BCUT2D eigenvalue weighted by Crippen LogP contribution is 2.45. The highest BCUT2D eigenvalue weighted by molar-refractivity contribution is 7.80. The Bertz CT molecular complexity index is 1460. The van der Waals surface area contributed by atoms with Gasteiger partial charge in [0.15, 0.2) is 5.11 Å². The molecule has 0 radical (unpaired) electrons. The average molecular weight is 539 g/mol. The van der Waals surface area contributed by atoms with Gasteiger partial charge in [-0.3, -0.25) is 4.98 Å². The standard InChI is InChI=1S/C27H24Cl2N4O2S/c1-15-12-19(16(2)32(15)22-13-17(28)7-9-23(22)34)26-25(21-6-4-5-11-30-21)31-27(36)33(26)18-8-10-24(35-3)20(29)14-18/h4-14,25-26,34H,1-3H3,(H,31,36)/t25-,26-/m1/s1. The van der Waals surface area contributed by atoms with Gasteiger partial charge in [-0.15, -0.1) is 0 Å². The van der Waals surface area contributed by atoms with Gasteiger partial charge in [-0.2, -0.15) is 0 Å². The number of methoxy groups -OCH3 is 1. The number of rotatable bonds is 5. The molecule has 4 aromatic rings. The lowest BCUT2D eigenvalue weighted by molar-refractivity contribution is 0.415. The first-order chi connectivity index (χ1) is 17.3. The van der Waals surface area contributed by atoms with Crippen molar-refractivity contribution >= 4 is 46.2 Å². The van der Waals surface area contributed by atoms with Crippen LogP contribution in [0.3, 0.4) is 0 Å². The van der Waals surface area contributed by atoms with Gasteiger partial charge in [0.1, 0.15) is 11.5 Å². The number of aromatic hydroxyl groups is 1. The van der Waals surface area contributed by atoms with E-state index in [1.807, 2.05) is 54.8 Å². The summed E-state index contributed by atoms with van der Waals surface area (Å²) < 4.78 is 7.36. The number of nitrogens with zero attached hydrogens (tertiary/aromatic N) is 3. The molecule has 0 aliphatic carbocycles. The van der Waals surface area contributed by atoms with E-state index in [1.54, 1.807) is 31.5 Å². The van der Waals surface area contributed by atoms with Crippen molar-refractivity contribution in [2.24, 2.45) is 0 Å². The number of hydrogen-bond acceptors (Lipinski definition) is 4. The van der Waals surface area contributed by atoms with Crippen LogP contribution in [0.25, 0.3) is 5.69 Å². The van der Waals surface area contributed by atoms with E-state index in [9.17, 15) is 5.11 Å². The zero-order chi connectivity index (χ0) is 25.6. The predicted molar refractivity (Wildman–Crippen MR) is 148 cm³/mol. The van der Waals surface area contributed by atoms with Gasteiger partial charge >= 0.3 is 0 Å². The van der Waals surface area contributed by atoms with Crippen molar-refractivity contribution in [2.45, 2.75) is 25.9 Å². The first kappa shape index (κ1) is 24.4. The molecule has 184 valence electrons. The molecular formula is C27H24Cl2N4O2S. The fourth-order valence-corrected chi connectivity index (χ4v) is 5.65. The Morgan fingerprint density at radius 1 is 1.06 bits per heavy atom. The lowest BCUT2D eigenvalue weighted by atomic mass is 9.96. The van der Waals surface area contributed by atoms with Gasteiger partial charge in [0.2, 0.25) is 0 Å². The highest BCUT2D eigenvalue weighted by Gasteiger charge is 2.42. The van der Waals surface area contributed by atoms with E-state index < -0.39 is 0 Å². The van der Waals surface area contributed by atoms with E-state index in [0.29, 0.717) is 26.6 Å². The number of benzene rings is 2. The van der Waals surface area contributed by atoms with E-state index in [2.05, 4.69) is 21.3 Å². The monoisotopic (exact) mass is 538 g/mol. The third-order valence-electron chi connectivity index (χ3n) is 6.48. The Labute approximate surface area is 225 Å². The molecule has 5 rings (SSSR count). The maximum atomic E-state index is 10.6. The predicted octanol–water partition coefficient (Wildman–Crippen LogP) is 6.69. The van der Waals surface area contributed by atoms with Crippen molar-refractivity contribution in [3.63, 3.8) is 0 Å². The molecule has 1 aliphatic heterocycles. The Morgan fingerprint density at radius 2 is 1.86 bits per heavy atom. The zero-order valence-electron chi connectivity index (χ0n) is 19.9. The summed E-state index contributed by atoms with van der Waals surface area (Å²) in [5.41, 5.74) is 5.24. The van der Waals surface area contributed by atoms with E-state index in [-0.39, 0.29) is 17.8 Å². The van der Waals surface area contributed by atoms with Gasteiger partial charge in [-0.1, -0.05) is 29.3 Å². The summed E-state index contributed by atoms with van der Waals surface area (Å²) >= 11 is 18.6. The molecule has 9 heteroatoms. The second-order valence-electron chi connectivity index (χ2n) is 8.61. The maximum Gasteiger partial charge on any atom is 0.174 e. The summed E-state index contributed by atoms with van der Waals surface area (Å²) in [6, 6.07) is 18.1. The minimum absolute atomic E-state index is 0.146. The molecule has 3 heterocycles. The van der Waals surface area contributed by atoms with Gasteiger partial charge in [-0.05, 0) is 86.2 Å². The topological polar surface area (TPSA) is 62.5 Å². The minimum atomic E-state index is -0.238. The first-order valence-corrected chi connectivity index (χ1v) is 12.5. The Balaban J connectivity index is 1.70. The number of nitrogens with one attached hydrogen (secondary N) is 1. The Morgan fingerprint density at radius 3 is 2.56 bits per heavy atom. The van der Waals surface area contributed by atoms with E-state index in [1.165, 1.54) is 0 Å². The molecule has 0 saturated carbocycles. The molecule has 0 unspecified atom stereocenters. The Kier molecular flexibility index (Phi) is 6.55. The second-order valence-corrected chi connectivity index (χ2v) is 9.84. The molecule has 1 saturated heterocycles. The molecular weight excluding hydrogens is 515 g/mol. The smallest absolute Gasteiger partial charge is 0.174 e. The second kappa shape index (κ2) is 9.65. The average Bonchev–Trinajstić information content (AvgIpc) is 3.36. The number of pyridine rings is 1. The largest absolute Gasteiger partial charge is 0.506 e. The number of halogens is 2. The van der Waals surface area contributed by atoms with Crippen molar-refractivity contribution in [1.82, 2.24) is 14.9 Å². The molecule has 0 amide bonds. The van der Waals surface area contributed by atoms with Gasteiger partial charge < -0.3 is 24.6 Å². The van der Waals surface area contributed by atoms with E-state index >= 15 is 0 Å². The molecule has 2 N–H and O–H groups in total. The number of thiocarbonyl (C=S) groups is 1. The summed E-state index contributed by atoms with van der Waals surface area (Å²) in [6.07, 6.45) is 1.78. The van der Waals surface area contributed by atoms with Crippen LogP contribution in [0.4, 0.5) is 5.69 Å². The summed E-state index contributed by atoms with van der Waals surface area (Å²) in [5, 5.41) is 15.7. The molecule has 0 bridgehead atoms. The molecule has 1 fully saturated rings. The number of aromatic nitrogens is 2. The number of phenols is 1. The van der Waals surface area contributed by atoms with Crippen molar-refractivity contribution in [3.8, 4) is 17.2 Å². The van der Waals surface area contributed by atoms with Gasteiger partial charge in [0, 0.05) is 28.3 Å². The lowest BCUT2D eigenvalue weighted by Crippen LogP contribution is -2.29.